The lowest BCUT2D eigenvalue weighted by Gasteiger charge is -2.20. The lowest BCUT2D eigenvalue weighted by molar-refractivity contribution is 0.425. The van der Waals surface area contributed by atoms with E-state index in [9.17, 15) is 0 Å². The van der Waals surface area contributed by atoms with E-state index < -0.39 is 0 Å². The molecule has 1 aliphatic rings. The van der Waals surface area contributed by atoms with Crippen LogP contribution in [0.2, 0.25) is 0 Å². The number of hydrazone groups is 1. The maximum absolute atomic E-state index is 9.04. The molecule has 5 N–H and O–H groups in total. The van der Waals surface area contributed by atoms with Crippen molar-refractivity contribution in [2.45, 2.75) is 6.54 Å². The standard InChI is InChI=1S/C23H26N8/c1-29(2)10-9-27-20-7-8-21-19(11-20)15-30-14-18(12-22(30)23(28-25)31(21)26)17-5-3-16(13-24)4-6-17/h3-8,11-12,14,27H,9-10,15,25-26H2,1-2H3/b28-23-. The van der Waals surface area contributed by atoms with Crippen LogP contribution in [0.5, 0.6) is 0 Å². The van der Waals surface area contributed by atoms with Crippen LogP contribution < -0.4 is 22.0 Å². The van der Waals surface area contributed by atoms with Crippen LogP contribution in [0, 0.1) is 11.3 Å². The third kappa shape index (κ3) is 4.10. The molecule has 8 heteroatoms. The van der Waals surface area contributed by atoms with Crippen LogP contribution in [-0.4, -0.2) is 42.5 Å². The Morgan fingerprint density at radius 2 is 1.90 bits per heavy atom. The summed E-state index contributed by atoms with van der Waals surface area (Å²) >= 11 is 0. The van der Waals surface area contributed by atoms with Gasteiger partial charge in [-0.2, -0.15) is 10.4 Å². The van der Waals surface area contributed by atoms with Crippen molar-refractivity contribution in [3.05, 3.63) is 71.5 Å². The summed E-state index contributed by atoms with van der Waals surface area (Å²) in [5.41, 5.74) is 6.47. The molecule has 0 amide bonds. The molecule has 0 saturated heterocycles. The fourth-order valence-corrected chi connectivity index (χ4v) is 3.75. The van der Waals surface area contributed by atoms with Gasteiger partial charge in [0.2, 0.25) is 0 Å². The summed E-state index contributed by atoms with van der Waals surface area (Å²) in [6, 6.07) is 17.8. The van der Waals surface area contributed by atoms with E-state index in [4.69, 9.17) is 16.9 Å². The summed E-state index contributed by atoms with van der Waals surface area (Å²) in [5.74, 6) is 12.7. The lowest BCUT2D eigenvalue weighted by atomic mass is 10.1. The van der Waals surface area contributed by atoms with E-state index in [1.165, 1.54) is 0 Å². The number of aromatic nitrogens is 1. The van der Waals surface area contributed by atoms with E-state index in [1.807, 2.05) is 42.5 Å². The Morgan fingerprint density at radius 3 is 2.58 bits per heavy atom. The molecule has 0 spiro atoms. The van der Waals surface area contributed by atoms with Gasteiger partial charge in [-0.05, 0) is 61.6 Å². The SMILES string of the molecule is CN(C)CCNc1ccc2c(c1)Cn1cc(-c3ccc(C#N)cc3)cc1/C(=N/N)N2N. The van der Waals surface area contributed by atoms with E-state index in [1.54, 1.807) is 5.01 Å². The normalized spacial score (nSPS) is 14.2. The molecule has 31 heavy (non-hydrogen) atoms. The molecule has 0 saturated carbocycles. The first-order valence-corrected chi connectivity index (χ1v) is 10.1. The summed E-state index contributed by atoms with van der Waals surface area (Å²) in [6.07, 6.45) is 2.07. The number of amidine groups is 1. The number of hydrazine groups is 1. The minimum absolute atomic E-state index is 0.493. The average Bonchev–Trinajstić information content (AvgIpc) is 3.13. The third-order valence-corrected chi connectivity index (χ3v) is 5.39. The van der Waals surface area contributed by atoms with E-state index in [0.29, 0.717) is 17.9 Å². The van der Waals surface area contributed by atoms with Gasteiger partial charge >= 0.3 is 0 Å². The molecule has 2 heterocycles. The Hall–Kier alpha value is -3.80. The first kappa shape index (κ1) is 20.5. The summed E-state index contributed by atoms with van der Waals surface area (Å²) in [6.45, 7) is 2.43. The van der Waals surface area contributed by atoms with Gasteiger partial charge in [0, 0.05) is 37.1 Å². The number of nitrogens with one attached hydrogen (secondary N) is 1. The highest BCUT2D eigenvalue weighted by molar-refractivity contribution is 6.09. The minimum Gasteiger partial charge on any atom is -0.384 e. The van der Waals surface area contributed by atoms with Gasteiger partial charge in [0.15, 0.2) is 5.84 Å². The molecule has 4 rings (SSSR count). The van der Waals surface area contributed by atoms with E-state index in [2.05, 4.69) is 52.3 Å². The molecular formula is C23H26N8. The average molecular weight is 415 g/mol. The van der Waals surface area contributed by atoms with Crippen molar-refractivity contribution in [3.63, 3.8) is 0 Å². The largest absolute Gasteiger partial charge is 0.384 e. The molecule has 0 atom stereocenters. The number of benzene rings is 2. The molecule has 2 aromatic carbocycles. The molecule has 0 bridgehead atoms. The highest BCUT2D eigenvalue weighted by Gasteiger charge is 2.25. The molecule has 1 aliphatic heterocycles. The highest BCUT2D eigenvalue weighted by atomic mass is 15.5. The Kier molecular flexibility index (Phi) is 5.62. The van der Waals surface area contributed by atoms with Crippen molar-refractivity contribution in [2.75, 3.05) is 37.5 Å². The number of anilines is 2. The van der Waals surface area contributed by atoms with Crippen molar-refractivity contribution in [2.24, 2.45) is 16.8 Å². The van der Waals surface area contributed by atoms with Crippen LogP contribution in [0.15, 0.2) is 59.8 Å². The molecule has 158 valence electrons. The number of rotatable bonds is 5. The van der Waals surface area contributed by atoms with Crippen molar-refractivity contribution < 1.29 is 0 Å². The summed E-state index contributed by atoms with van der Waals surface area (Å²) in [5, 5.41) is 18.0. The van der Waals surface area contributed by atoms with Crippen LogP contribution in [0.4, 0.5) is 11.4 Å². The summed E-state index contributed by atoms with van der Waals surface area (Å²) in [4.78, 5) is 2.14. The van der Waals surface area contributed by atoms with Gasteiger partial charge in [-0.15, -0.1) is 0 Å². The molecule has 0 fully saturated rings. The Labute approximate surface area is 181 Å². The van der Waals surface area contributed by atoms with E-state index in [0.717, 1.165) is 46.8 Å². The van der Waals surface area contributed by atoms with Crippen molar-refractivity contribution in [3.8, 4) is 17.2 Å². The van der Waals surface area contributed by atoms with Crippen LogP contribution >= 0.6 is 0 Å². The maximum Gasteiger partial charge on any atom is 0.190 e. The first-order valence-electron chi connectivity index (χ1n) is 10.1. The smallest absolute Gasteiger partial charge is 0.190 e. The topological polar surface area (TPSA) is 112 Å². The predicted molar refractivity (Wildman–Crippen MR) is 125 cm³/mol. The number of nitriles is 1. The quantitative estimate of drug-likeness (QED) is 0.437. The van der Waals surface area contributed by atoms with Crippen LogP contribution in [-0.2, 0) is 6.54 Å². The zero-order valence-corrected chi connectivity index (χ0v) is 17.7. The second-order valence-electron chi connectivity index (χ2n) is 7.83. The molecule has 0 radical (unpaired) electrons. The molecule has 8 nitrogen and oxygen atoms in total. The van der Waals surface area contributed by atoms with Gasteiger partial charge in [0.25, 0.3) is 0 Å². The number of likely N-dealkylation sites (N-methyl/N-ethyl adjacent to an activating group) is 1. The van der Waals surface area contributed by atoms with Gasteiger partial charge in [-0.25, -0.2) is 5.84 Å². The Balaban J connectivity index is 1.70. The van der Waals surface area contributed by atoms with Crippen LogP contribution in [0.3, 0.4) is 0 Å². The molecule has 3 aromatic rings. The zero-order chi connectivity index (χ0) is 22.0. The van der Waals surface area contributed by atoms with Crippen molar-refractivity contribution >= 4 is 17.2 Å². The number of nitrogens with two attached hydrogens (primary N) is 2. The van der Waals surface area contributed by atoms with Crippen molar-refractivity contribution in [1.29, 1.82) is 5.26 Å². The molecule has 1 aromatic heterocycles. The Morgan fingerprint density at radius 1 is 1.13 bits per heavy atom. The zero-order valence-electron chi connectivity index (χ0n) is 17.7. The predicted octanol–water partition coefficient (Wildman–Crippen LogP) is 2.36. The van der Waals surface area contributed by atoms with Crippen LogP contribution in [0.25, 0.3) is 11.1 Å². The van der Waals surface area contributed by atoms with Gasteiger partial charge in [0.1, 0.15) is 0 Å². The second kappa shape index (κ2) is 8.52. The molecule has 0 unspecified atom stereocenters. The van der Waals surface area contributed by atoms with E-state index in [-0.39, 0.29) is 0 Å². The molecular weight excluding hydrogens is 388 g/mol. The number of hydrogen-bond donors (Lipinski definition) is 3. The maximum atomic E-state index is 9.04. The van der Waals surface area contributed by atoms with Crippen molar-refractivity contribution in [1.82, 2.24) is 9.47 Å². The fraction of sp³-hybridized carbons (Fsp3) is 0.217. The number of fused-ring (bicyclic) bond motifs is 2. The van der Waals surface area contributed by atoms with Gasteiger partial charge in [-0.1, -0.05) is 12.1 Å². The van der Waals surface area contributed by atoms with Gasteiger partial charge in [0.05, 0.1) is 23.0 Å². The third-order valence-electron chi connectivity index (χ3n) is 5.39. The Bertz CT molecular complexity index is 1150. The first-order chi connectivity index (χ1) is 15.0. The van der Waals surface area contributed by atoms with Crippen LogP contribution in [0.1, 0.15) is 16.8 Å². The minimum atomic E-state index is 0.493. The number of hydrogen-bond acceptors (Lipinski definition) is 6. The van der Waals surface area contributed by atoms with E-state index >= 15 is 0 Å². The highest BCUT2D eigenvalue weighted by Crippen LogP contribution is 2.31. The fourth-order valence-electron chi connectivity index (χ4n) is 3.75. The second-order valence-corrected chi connectivity index (χ2v) is 7.83. The number of nitrogens with zero attached hydrogens (tertiary/aromatic N) is 5. The molecule has 0 aliphatic carbocycles. The lowest BCUT2D eigenvalue weighted by Crippen LogP contribution is -2.39. The summed E-state index contributed by atoms with van der Waals surface area (Å²) < 4.78 is 2.11. The van der Waals surface area contributed by atoms with Gasteiger partial charge < -0.3 is 20.6 Å². The monoisotopic (exact) mass is 414 g/mol. The summed E-state index contributed by atoms with van der Waals surface area (Å²) in [7, 11) is 4.11. The van der Waals surface area contributed by atoms with Gasteiger partial charge in [-0.3, -0.25) is 5.01 Å².